The maximum Gasteiger partial charge on any atom is 0.271 e. The van der Waals surface area contributed by atoms with E-state index in [4.69, 9.17) is 0 Å². The molecule has 2 heterocycles. The molecule has 0 fully saturated rings. The van der Waals surface area contributed by atoms with Gasteiger partial charge in [-0.3, -0.25) is 14.8 Å². The van der Waals surface area contributed by atoms with Crippen LogP contribution in [0.5, 0.6) is 0 Å². The molecule has 0 atom stereocenters. The van der Waals surface area contributed by atoms with E-state index in [1.807, 2.05) is 19.1 Å². The molecule has 0 aliphatic carbocycles. The molecular formula is C12H12N4O. The van der Waals surface area contributed by atoms with Crippen LogP contribution in [0, 0.1) is 6.92 Å². The van der Waals surface area contributed by atoms with Crippen molar-refractivity contribution in [1.29, 1.82) is 0 Å². The summed E-state index contributed by atoms with van der Waals surface area (Å²) in [7, 11) is 0. The fourth-order valence-corrected chi connectivity index (χ4v) is 1.29. The van der Waals surface area contributed by atoms with Crippen molar-refractivity contribution in [2.75, 3.05) is 0 Å². The summed E-state index contributed by atoms with van der Waals surface area (Å²) in [5, 5.41) is 2.75. The highest BCUT2D eigenvalue weighted by atomic mass is 16.1. The Morgan fingerprint density at radius 1 is 1.29 bits per heavy atom. The van der Waals surface area contributed by atoms with Gasteiger partial charge in [0.1, 0.15) is 5.69 Å². The van der Waals surface area contributed by atoms with Crippen molar-refractivity contribution in [1.82, 2.24) is 20.3 Å². The number of aryl methyl sites for hydroxylation is 1. The molecule has 0 spiro atoms. The van der Waals surface area contributed by atoms with E-state index in [9.17, 15) is 4.79 Å². The minimum absolute atomic E-state index is 0.235. The maximum atomic E-state index is 11.7. The fourth-order valence-electron chi connectivity index (χ4n) is 1.29. The molecule has 17 heavy (non-hydrogen) atoms. The number of nitrogens with one attached hydrogen (secondary N) is 1. The van der Waals surface area contributed by atoms with Gasteiger partial charge in [-0.1, -0.05) is 6.07 Å². The molecule has 0 aliphatic rings. The highest BCUT2D eigenvalue weighted by Crippen LogP contribution is 1.97. The van der Waals surface area contributed by atoms with Crippen LogP contribution in [-0.2, 0) is 6.54 Å². The zero-order valence-electron chi connectivity index (χ0n) is 9.42. The number of hydrogen-bond donors (Lipinski definition) is 1. The number of amides is 1. The van der Waals surface area contributed by atoms with Crippen LogP contribution in [0.25, 0.3) is 0 Å². The standard InChI is InChI=1S/C12H12N4O/c1-9-5-15-11(8-14-9)12(17)16-7-10-3-2-4-13-6-10/h2-6,8H,7H2,1H3,(H,16,17). The third-order valence-electron chi connectivity index (χ3n) is 2.19. The summed E-state index contributed by atoms with van der Waals surface area (Å²) in [6.45, 7) is 2.26. The van der Waals surface area contributed by atoms with Crippen LogP contribution in [0.15, 0.2) is 36.9 Å². The molecule has 2 aromatic heterocycles. The molecule has 2 rings (SSSR count). The van der Waals surface area contributed by atoms with Gasteiger partial charge >= 0.3 is 0 Å². The summed E-state index contributed by atoms with van der Waals surface area (Å²) in [4.78, 5) is 23.7. The number of hydrogen-bond acceptors (Lipinski definition) is 4. The summed E-state index contributed by atoms with van der Waals surface area (Å²) in [6.07, 6.45) is 6.44. The first kappa shape index (κ1) is 11.2. The molecule has 0 unspecified atom stereocenters. The number of carbonyl (C=O) groups excluding carboxylic acids is 1. The molecule has 0 aromatic carbocycles. The van der Waals surface area contributed by atoms with Gasteiger partial charge in [0.2, 0.25) is 0 Å². The second-order valence-electron chi connectivity index (χ2n) is 3.59. The molecular weight excluding hydrogens is 216 g/mol. The van der Waals surface area contributed by atoms with Crippen molar-refractivity contribution in [3.8, 4) is 0 Å². The van der Waals surface area contributed by atoms with Crippen molar-refractivity contribution in [3.05, 3.63) is 53.9 Å². The normalized spacial score (nSPS) is 9.94. The van der Waals surface area contributed by atoms with Crippen LogP contribution in [0.3, 0.4) is 0 Å². The van der Waals surface area contributed by atoms with Crippen molar-refractivity contribution < 1.29 is 4.79 Å². The third kappa shape index (κ3) is 3.07. The Morgan fingerprint density at radius 2 is 2.18 bits per heavy atom. The number of pyridine rings is 1. The van der Waals surface area contributed by atoms with E-state index in [0.29, 0.717) is 12.2 Å². The maximum absolute atomic E-state index is 11.7. The van der Waals surface area contributed by atoms with Gasteiger partial charge in [0, 0.05) is 25.1 Å². The largest absolute Gasteiger partial charge is 0.347 e. The second kappa shape index (κ2) is 5.16. The lowest BCUT2D eigenvalue weighted by molar-refractivity contribution is 0.0945. The van der Waals surface area contributed by atoms with Crippen LogP contribution in [0.1, 0.15) is 21.7 Å². The number of aromatic nitrogens is 3. The Morgan fingerprint density at radius 3 is 2.82 bits per heavy atom. The van der Waals surface area contributed by atoms with Gasteiger partial charge in [-0.2, -0.15) is 0 Å². The Labute approximate surface area is 99.0 Å². The minimum Gasteiger partial charge on any atom is -0.347 e. The van der Waals surface area contributed by atoms with Crippen LogP contribution in [-0.4, -0.2) is 20.9 Å². The zero-order chi connectivity index (χ0) is 12.1. The third-order valence-corrected chi connectivity index (χ3v) is 2.19. The first-order valence-electron chi connectivity index (χ1n) is 5.21. The molecule has 0 saturated carbocycles. The Balaban J connectivity index is 1.96. The van der Waals surface area contributed by atoms with E-state index in [2.05, 4.69) is 20.3 Å². The van der Waals surface area contributed by atoms with Gasteiger partial charge < -0.3 is 5.32 Å². The molecule has 0 saturated heterocycles. The molecule has 86 valence electrons. The number of nitrogens with zero attached hydrogens (tertiary/aromatic N) is 3. The molecule has 0 radical (unpaired) electrons. The second-order valence-corrected chi connectivity index (χ2v) is 3.59. The predicted molar refractivity (Wildman–Crippen MR) is 62.2 cm³/mol. The highest BCUT2D eigenvalue weighted by molar-refractivity contribution is 5.91. The van der Waals surface area contributed by atoms with E-state index in [1.165, 1.54) is 6.20 Å². The average molecular weight is 228 g/mol. The van der Waals surface area contributed by atoms with Crippen molar-refractivity contribution in [3.63, 3.8) is 0 Å². The van der Waals surface area contributed by atoms with E-state index in [0.717, 1.165) is 11.3 Å². The van der Waals surface area contributed by atoms with Crippen molar-refractivity contribution in [2.45, 2.75) is 13.5 Å². The van der Waals surface area contributed by atoms with Gasteiger partial charge in [-0.15, -0.1) is 0 Å². The van der Waals surface area contributed by atoms with Crippen molar-refractivity contribution >= 4 is 5.91 Å². The van der Waals surface area contributed by atoms with Crippen LogP contribution < -0.4 is 5.32 Å². The predicted octanol–water partition coefficient (Wildman–Crippen LogP) is 1.11. The minimum atomic E-state index is -0.235. The van der Waals surface area contributed by atoms with E-state index in [-0.39, 0.29) is 5.91 Å². The van der Waals surface area contributed by atoms with E-state index in [1.54, 1.807) is 18.6 Å². The topological polar surface area (TPSA) is 67.8 Å². The Bertz CT molecular complexity index is 496. The highest BCUT2D eigenvalue weighted by Gasteiger charge is 2.06. The van der Waals surface area contributed by atoms with Crippen LogP contribution in [0.2, 0.25) is 0 Å². The lowest BCUT2D eigenvalue weighted by atomic mass is 10.3. The van der Waals surface area contributed by atoms with E-state index >= 15 is 0 Å². The summed E-state index contributed by atoms with van der Waals surface area (Å²) in [6, 6.07) is 3.72. The number of carbonyl (C=O) groups is 1. The molecule has 1 N–H and O–H groups in total. The first-order chi connectivity index (χ1) is 8.25. The average Bonchev–Trinajstić information content (AvgIpc) is 2.38. The SMILES string of the molecule is Cc1cnc(C(=O)NCc2cccnc2)cn1. The summed E-state index contributed by atoms with van der Waals surface area (Å²) in [5.41, 5.74) is 2.05. The quantitative estimate of drug-likeness (QED) is 0.854. The molecule has 0 aliphatic heterocycles. The molecule has 2 aromatic rings. The molecule has 5 heteroatoms. The number of rotatable bonds is 3. The first-order valence-corrected chi connectivity index (χ1v) is 5.21. The summed E-state index contributed by atoms with van der Waals surface area (Å²) in [5.74, 6) is -0.235. The molecule has 5 nitrogen and oxygen atoms in total. The van der Waals surface area contributed by atoms with Crippen LogP contribution >= 0.6 is 0 Å². The fraction of sp³-hybridized carbons (Fsp3) is 0.167. The van der Waals surface area contributed by atoms with Gasteiger partial charge in [0.05, 0.1) is 11.9 Å². The van der Waals surface area contributed by atoms with Crippen molar-refractivity contribution in [2.24, 2.45) is 0 Å². The van der Waals surface area contributed by atoms with Crippen LogP contribution in [0.4, 0.5) is 0 Å². The Hall–Kier alpha value is -2.30. The van der Waals surface area contributed by atoms with E-state index < -0.39 is 0 Å². The molecule has 0 bridgehead atoms. The smallest absolute Gasteiger partial charge is 0.271 e. The summed E-state index contributed by atoms with van der Waals surface area (Å²) >= 11 is 0. The Kier molecular flexibility index (Phi) is 3.40. The lowest BCUT2D eigenvalue weighted by Gasteiger charge is -2.04. The van der Waals surface area contributed by atoms with Gasteiger partial charge in [-0.05, 0) is 18.6 Å². The molecule has 1 amide bonds. The monoisotopic (exact) mass is 228 g/mol. The van der Waals surface area contributed by atoms with Gasteiger partial charge in [0.25, 0.3) is 5.91 Å². The zero-order valence-corrected chi connectivity index (χ0v) is 9.42. The lowest BCUT2D eigenvalue weighted by Crippen LogP contribution is -2.24. The van der Waals surface area contributed by atoms with Gasteiger partial charge in [-0.25, -0.2) is 4.98 Å². The van der Waals surface area contributed by atoms with Gasteiger partial charge in [0.15, 0.2) is 0 Å². The summed E-state index contributed by atoms with van der Waals surface area (Å²) < 4.78 is 0.